The first-order valence-electron chi connectivity index (χ1n) is 11.2. The van der Waals surface area contributed by atoms with E-state index < -0.39 is 0 Å². The number of hydrogen-bond acceptors (Lipinski definition) is 8. The monoisotopic (exact) mass is 462 g/mol. The van der Waals surface area contributed by atoms with Crippen molar-refractivity contribution >= 4 is 17.0 Å². The fourth-order valence-corrected chi connectivity index (χ4v) is 4.12. The molecule has 1 amide bonds. The summed E-state index contributed by atoms with van der Waals surface area (Å²) in [6.07, 6.45) is 1.58. The zero-order valence-electron chi connectivity index (χ0n) is 19.2. The molecule has 1 aliphatic heterocycles. The van der Waals surface area contributed by atoms with E-state index in [4.69, 9.17) is 18.4 Å². The Bertz CT molecular complexity index is 1260. The number of fused-ring (bicyclic) bond motifs is 1. The summed E-state index contributed by atoms with van der Waals surface area (Å²) in [5.41, 5.74) is 2.06. The molecule has 0 atom stereocenters. The van der Waals surface area contributed by atoms with Gasteiger partial charge in [-0.15, -0.1) is 0 Å². The minimum absolute atomic E-state index is 0.0550. The highest BCUT2D eigenvalue weighted by Crippen LogP contribution is 2.28. The number of piperazine rings is 1. The van der Waals surface area contributed by atoms with Gasteiger partial charge in [0.05, 0.1) is 30.0 Å². The van der Waals surface area contributed by atoms with Gasteiger partial charge in [0.2, 0.25) is 0 Å². The fourth-order valence-electron chi connectivity index (χ4n) is 4.12. The number of pyridine rings is 1. The first-order valence-corrected chi connectivity index (χ1v) is 11.2. The van der Waals surface area contributed by atoms with Crippen molar-refractivity contribution in [3.63, 3.8) is 0 Å². The summed E-state index contributed by atoms with van der Waals surface area (Å²) in [5, 5.41) is 4.67. The van der Waals surface area contributed by atoms with Gasteiger partial charge >= 0.3 is 0 Å². The van der Waals surface area contributed by atoms with Crippen LogP contribution in [0.1, 0.15) is 16.1 Å². The minimum Gasteiger partial charge on any atom is -0.497 e. The van der Waals surface area contributed by atoms with E-state index in [0.29, 0.717) is 53.5 Å². The van der Waals surface area contributed by atoms with Gasteiger partial charge in [0.25, 0.3) is 11.6 Å². The van der Waals surface area contributed by atoms with Gasteiger partial charge in [0.15, 0.2) is 5.76 Å². The summed E-state index contributed by atoms with van der Waals surface area (Å²) in [4.78, 5) is 22.1. The van der Waals surface area contributed by atoms with Crippen LogP contribution in [0.3, 0.4) is 0 Å². The lowest BCUT2D eigenvalue weighted by atomic mass is 10.1. The summed E-state index contributed by atoms with van der Waals surface area (Å²) in [6.45, 7) is 6.01. The van der Waals surface area contributed by atoms with Gasteiger partial charge in [-0.25, -0.2) is 4.98 Å². The summed E-state index contributed by atoms with van der Waals surface area (Å²) in [6, 6.07) is 12.9. The van der Waals surface area contributed by atoms with Crippen LogP contribution in [0.2, 0.25) is 0 Å². The molecule has 0 bridgehead atoms. The molecule has 5 rings (SSSR count). The average molecular weight is 463 g/mol. The molecule has 4 heterocycles. The number of hydrogen-bond donors (Lipinski definition) is 0. The van der Waals surface area contributed by atoms with Crippen molar-refractivity contribution < 1.29 is 23.2 Å². The van der Waals surface area contributed by atoms with Crippen molar-refractivity contribution in [3.8, 4) is 23.0 Å². The number of benzene rings is 1. The number of rotatable bonds is 7. The van der Waals surface area contributed by atoms with Gasteiger partial charge in [0, 0.05) is 32.7 Å². The minimum atomic E-state index is -0.0550. The van der Waals surface area contributed by atoms with Crippen LogP contribution in [0.4, 0.5) is 0 Å². The van der Waals surface area contributed by atoms with Crippen LogP contribution >= 0.6 is 0 Å². The van der Waals surface area contributed by atoms with Crippen molar-refractivity contribution in [2.75, 3.05) is 46.4 Å². The number of carbonyl (C=O) groups is 1. The maximum absolute atomic E-state index is 13.5. The second-order valence-electron chi connectivity index (χ2n) is 8.14. The lowest BCUT2D eigenvalue weighted by Gasteiger charge is -2.34. The number of amides is 1. The van der Waals surface area contributed by atoms with Gasteiger partial charge in [0.1, 0.15) is 23.8 Å². The number of aryl methyl sites for hydroxylation is 1. The number of aromatic nitrogens is 2. The normalized spacial score (nSPS) is 14.5. The molecule has 176 valence electrons. The molecule has 1 fully saturated rings. The Hall–Kier alpha value is -3.85. The zero-order valence-corrected chi connectivity index (χ0v) is 19.2. The van der Waals surface area contributed by atoms with Crippen LogP contribution in [0.15, 0.2) is 57.7 Å². The molecule has 3 aromatic heterocycles. The average Bonchev–Trinajstić information content (AvgIpc) is 3.54. The van der Waals surface area contributed by atoms with E-state index in [1.807, 2.05) is 36.1 Å². The van der Waals surface area contributed by atoms with Crippen LogP contribution in [-0.4, -0.2) is 72.3 Å². The molecule has 0 saturated carbocycles. The molecular weight excluding hydrogens is 436 g/mol. The molecule has 0 radical (unpaired) electrons. The third-order valence-corrected chi connectivity index (χ3v) is 6.02. The van der Waals surface area contributed by atoms with Gasteiger partial charge in [-0.1, -0.05) is 5.16 Å². The highest BCUT2D eigenvalue weighted by Gasteiger charge is 2.26. The van der Waals surface area contributed by atoms with Crippen LogP contribution in [0.5, 0.6) is 11.5 Å². The van der Waals surface area contributed by atoms with Crippen molar-refractivity contribution in [1.29, 1.82) is 0 Å². The van der Waals surface area contributed by atoms with Crippen molar-refractivity contribution in [3.05, 3.63) is 60.0 Å². The molecule has 4 aromatic rings. The molecular formula is C25H26N4O5. The number of methoxy groups -OCH3 is 1. The van der Waals surface area contributed by atoms with Crippen LogP contribution in [0, 0.1) is 6.92 Å². The molecule has 1 aliphatic rings. The first kappa shape index (κ1) is 22.0. The van der Waals surface area contributed by atoms with Crippen LogP contribution < -0.4 is 9.47 Å². The quantitative estimate of drug-likeness (QED) is 0.411. The lowest BCUT2D eigenvalue weighted by molar-refractivity contribution is 0.0622. The molecule has 9 heteroatoms. The number of furan rings is 1. The van der Waals surface area contributed by atoms with E-state index in [9.17, 15) is 4.79 Å². The SMILES string of the molecule is COc1ccc(OCCN2CCN(C(=O)c3cc(-c4ccco4)nc4onc(C)c34)CC2)cc1. The van der Waals surface area contributed by atoms with Crippen LogP contribution in [0.25, 0.3) is 22.6 Å². The van der Waals surface area contributed by atoms with Crippen LogP contribution in [-0.2, 0) is 0 Å². The molecule has 0 N–H and O–H groups in total. The van der Waals surface area contributed by atoms with Gasteiger partial charge in [-0.2, -0.15) is 0 Å². The first-order chi connectivity index (χ1) is 16.6. The molecule has 1 saturated heterocycles. The summed E-state index contributed by atoms with van der Waals surface area (Å²) in [7, 11) is 1.64. The maximum Gasteiger partial charge on any atom is 0.259 e. The molecule has 0 aliphatic carbocycles. The van der Waals surface area contributed by atoms with Crippen molar-refractivity contribution in [1.82, 2.24) is 19.9 Å². The Balaban J connectivity index is 1.22. The third kappa shape index (κ3) is 4.47. The number of ether oxygens (including phenoxy) is 2. The smallest absolute Gasteiger partial charge is 0.259 e. The molecule has 34 heavy (non-hydrogen) atoms. The Morgan fingerprint density at radius 1 is 1.09 bits per heavy atom. The third-order valence-electron chi connectivity index (χ3n) is 6.02. The van der Waals surface area contributed by atoms with E-state index in [-0.39, 0.29) is 5.91 Å². The molecule has 0 unspecified atom stereocenters. The Labute approximate surface area is 196 Å². The molecule has 0 spiro atoms. The van der Waals surface area contributed by atoms with Crippen molar-refractivity contribution in [2.45, 2.75) is 6.92 Å². The Morgan fingerprint density at radius 2 is 1.85 bits per heavy atom. The number of nitrogens with zero attached hydrogens (tertiary/aromatic N) is 4. The topological polar surface area (TPSA) is 94.1 Å². The van der Waals surface area contributed by atoms with E-state index >= 15 is 0 Å². The summed E-state index contributed by atoms with van der Waals surface area (Å²) in [5.74, 6) is 2.14. The van der Waals surface area contributed by atoms with Gasteiger partial charge < -0.3 is 23.3 Å². The molecule has 9 nitrogen and oxygen atoms in total. The predicted molar refractivity (Wildman–Crippen MR) is 125 cm³/mol. The van der Waals surface area contributed by atoms with Gasteiger partial charge in [-0.05, 0) is 49.4 Å². The predicted octanol–water partition coefficient (Wildman–Crippen LogP) is 3.64. The summed E-state index contributed by atoms with van der Waals surface area (Å²) >= 11 is 0. The lowest BCUT2D eigenvalue weighted by Crippen LogP contribution is -2.49. The Morgan fingerprint density at radius 3 is 2.56 bits per heavy atom. The van der Waals surface area contributed by atoms with E-state index in [1.54, 1.807) is 31.6 Å². The zero-order chi connectivity index (χ0) is 23.5. The second-order valence-corrected chi connectivity index (χ2v) is 8.14. The fraction of sp³-hybridized carbons (Fsp3) is 0.320. The Kier molecular flexibility index (Phi) is 6.18. The van der Waals surface area contributed by atoms with E-state index in [2.05, 4.69) is 15.0 Å². The highest BCUT2D eigenvalue weighted by molar-refractivity contribution is 6.06. The standard InChI is InChI=1S/C25H26N4O5/c1-17-23-20(16-21(22-4-3-14-33-22)26-24(23)34-27-17)25(30)29-11-9-28(10-12-29)13-15-32-19-7-5-18(31-2)6-8-19/h3-8,14,16H,9-13,15H2,1-2H3. The highest BCUT2D eigenvalue weighted by atomic mass is 16.5. The van der Waals surface area contributed by atoms with Gasteiger partial charge in [-0.3, -0.25) is 9.69 Å². The molecule has 1 aromatic carbocycles. The van der Waals surface area contributed by atoms with E-state index in [0.717, 1.165) is 31.1 Å². The maximum atomic E-state index is 13.5. The largest absolute Gasteiger partial charge is 0.497 e. The van der Waals surface area contributed by atoms with Crippen molar-refractivity contribution in [2.24, 2.45) is 0 Å². The second kappa shape index (κ2) is 9.56. The van der Waals surface area contributed by atoms with E-state index in [1.165, 1.54) is 0 Å². The summed E-state index contributed by atoms with van der Waals surface area (Å²) < 4.78 is 21.9. The number of carbonyl (C=O) groups excluding carboxylic acids is 1.